The van der Waals surface area contributed by atoms with Crippen molar-refractivity contribution < 1.29 is 0 Å². The third-order valence-electron chi connectivity index (χ3n) is 3.54. The number of rotatable bonds is 6. The van der Waals surface area contributed by atoms with Crippen molar-refractivity contribution in [1.29, 1.82) is 5.26 Å². The highest BCUT2D eigenvalue weighted by atomic mass is 79.9. The largest absolute Gasteiger partial charge is 0.330 e. The van der Waals surface area contributed by atoms with Gasteiger partial charge in [-0.1, -0.05) is 28.9 Å². The van der Waals surface area contributed by atoms with Gasteiger partial charge in [-0.25, -0.2) is 4.98 Å². The van der Waals surface area contributed by atoms with Crippen molar-refractivity contribution in [3.8, 4) is 6.07 Å². The third kappa shape index (κ3) is 4.09. The van der Waals surface area contributed by atoms with Crippen molar-refractivity contribution in [3.05, 3.63) is 52.0 Å². The van der Waals surface area contributed by atoms with Gasteiger partial charge in [0, 0.05) is 28.8 Å². The molecule has 0 aliphatic heterocycles. The molecule has 1 heterocycles. The molecule has 21 heavy (non-hydrogen) atoms. The molecular weight excluding hydrogens is 350 g/mol. The lowest BCUT2D eigenvalue weighted by Crippen LogP contribution is -2.07. The number of hydrogen-bond donors (Lipinski definition) is 0. The highest BCUT2D eigenvalue weighted by molar-refractivity contribution is 9.10. The lowest BCUT2D eigenvalue weighted by molar-refractivity contribution is 0.605. The maximum Gasteiger partial charge on any atom is 0.0992 e. The molecule has 0 aliphatic rings. The predicted molar refractivity (Wildman–Crippen MR) is 88.6 cm³/mol. The molecule has 1 aromatic heterocycles. The van der Waals surface area contributed by atoms with Gasteiger partial charge in [-0.3, -0.25) is 0 Å². The normalized spacial score (nSPS) is 12.1. The zero-order chi connectivity index (χ0) is 15.2. The molecule has 0 spiro atoms. The molecule has 2 aromatic rings. The van der Waals surface area contributed by atoms with Crippen LogP contribution in [0, 0.1) is 11.3 Å². The van der Waals surface area contributed by atoms with Crippen LogP contribution in [0.3, 0.4) is 0 Å². The molecule has 0 saturated carbocycles. The summed E-state index contributed by atoms with van der Waals surface area (Å²) in [7, 11) is 0. The summed E-state index contributed by atoms with van der Waals surface area (Å²) in [6.45, 7) is 2.95. The SMILES string of the molecule is CC(CCCCl)c1cncn1Cc1ccc(C#N)cc1Br. The van der Waals surface area contributed by atoms with E-state index in [1.165, 1.54) is 5.69 Å². The zero-order valence-electron chi connectivity index (χ0n) is 11.9. The summed E-state index contributed by atoms with van der Waals surface area (Å²) in [5.41, 5.74) is 3.01. The second kappa shape index (κ2) is 7.63. The Morgan fingerprint density at radius 3 is 2.95 bits per heavy atom. The molecule has 0 N–H and O–H groups in total. The van der Waals surface area contributed by atoms with Crippen LogP contribution in [-0.2, 0) is 6.54 Å². The van der Waals surface area contributed by atoms with Gasteiger partial charge in [0.25, 0.3) is 0 Å². The van der Waals surface area contributed by atoms with Gasteiger partial charge in [-0.15, -0.1) is 11.6 Å². The molecule has 2 rings (SSSR count). The monoisotopic (exact) mass is 365 g/mol. The van der Waals surface area contributed by atoms with Crippen molar-refractivity contribution in [2.45, 2.75) is 32.2 Å². The molecule has 5 heteroatoms. The Hall–Kier alpha value is -1.31. The van der Waals surface area contributed by atoms with Gasteiger partial charge in [0.1, 0.15) is 0 Å². The summed E-state index contributed by atoms with van der Waals surface area (Å²) in [5, 5.41) is 8.91. The van der Waals surface area contributed by atoms with E-state index in [2.05, 4.69) is 38.5 Å². The van der Waals surface area contributed by atoms with Crippen LogP contribution < -0.4 is 0 Å². The first-order valence-electron chi connectivity index (χ1n) is 6.90. The quantitative estimate of drug-likeness (QED) is 0.696. The van der Waals surface area contributed by atoms with Crippen molar-refractivity contribution in [3.63, 3.8) is 0 Å². The second-order valence-electron chi connectivity index (χ2n) is 5.10. The first-order chi connectivity index (χ1) is 10.2. The Morgan fingerprint density at radius 2 is 2.29 bits per heavy atom. The third-order valence-corrected chi connectivity index (χ3v) is 4.55. The van der Waals surface area contributed by atoms with Crippen LogP contribution in [0.5, 0.6) is 0 Å². The number of imidazole rings is 1. The maximum absolute atomic E-state index is 8.91. The summed E-state index contributed by atoms with van der Waals surface area (Å²) in [4.78, 5) is 4.27. The van der Waals surface area contributed by atoms with Gasteiger partial charge in [-0.05, 0) is 36.5 Å². The average molecular weight is 367 g/mol. The van der Waals surface area contributed by atoms with Gasteiger partial charge in [0.2, 0.25) is 0 Å². The minimum absolute atomic E-state index is 0.434. The summed E-state index contributed by atoms with van der Waals surface area (Å²) >= 11 is 9.31. The number of hydrogen-bond acceptors (Lipinski definition) is 2. The van der Waals surface area contributed by atoms with Gasteiger partial charge in [0.15, 0.2) is 0 Å². The highest BCUT2D eigenvalue weighted by Gasteiger charge is 2.12. The summed E-state index contributed by atoms with van der Waals surface area (Å²) < 4.78 is 3.11. The Labute approximate surface area is 138 Å². The topological polar surface area (TPSA) is 41.6 Å². The minimum Gasteiger partial charge on any atom is -0.330 e. The van der Waals surface area contributed by atoms with E-state index in [4.69, 9.17) is 16.9 Å². The number of nitriles is 1. The van der Waals surface area contributed by atoms with Crippen molar-refractivity contribution in [1.82, 2.24) is 9.55 Å². The van der Waals surface area contributed by atoms with E-state index >= 15 is 0 Å². The van der Waals surface area contributed by atoms with Crippen molar-refractivity contribution in [2.24, 2.45) is 0 Å². The molecule has 0 fully saturated rings. The molecule has 1 atom stereocenters. The number of benzene rings is 1. The fourth-order valence-electron chi connectivity index (χ4n) is 2.33. The van der Waals surface area contributed by atoms with Crippen LogP contribution in [0.25, 0.3) is 0 Å². The molecule has 0 aliphatic carbocycles. The van der Waals surface area contributed by atoms with E-state index < -0.39 is 0 Å². The Morgan fingerprint density at radius 1 is 1.48 bits per heavy atom. The lowest BCUT2D eigenvalue weighted by Gasteiger charge is -2.15. The Balaban J connectivity index is 2.17. The van der Waals surface area contributed by atoms with E-state index in [-0.39, 0.29) is 0 Å². The number of nitrogens with zero attached hydrogens (tertiary/aromatic N) is 3. The first-order valence-corrected chi connectivity index (χ1v) is 8.23. The van der Waals surface area contributed by atoms with E-state index in [9.17, 15) is 0 Å². The predicted octanol–water partition coefficient (Wildman–Crippen LogP) is 4.69. The molecule has 110 valence electrons. The molecular formula is C16H17BrClN3. The van der Waals surface area contributed by atoms with Crippen LogP contribution in [-0.4, -0.2) is 15.4 Å². The van der Waals surface area contributed by atoms with E-state index in [0.717, 1.165) is 29.4 Å². The molecule has 3 nitrogen and oxygen atoms in total. The van der Waals surface area contributed by atoms with Crippen molar-refractivity contribution >= 4 is 27.5 Å². The minimum atomic E-state index is 0.434. The standard InChI is InChI=1S/C16H17BrClN3/c1-12(3-2-6-18)16-9-20-11-21(16)10-14-5-4-13(8-19)7-15(14)17/h4-5,7,9,11-12H,2-3,6,10H2,1H3. The molecule has 1 aromatic carbocycles. The van der Waals surface area contributed by atoms with Gasteiger partial charge >= 0.3 is 0 Å². The Bertz CT molecular complexity index is 645. The van der Waals surface area contributed by atoms with E-state index in [0.29, 0.717) is 17.4 Å². The van der Waals surface area contributed by atoms with Gasteiger partial charge in [-0.2, -0.15) is 5.26 Å². The fraction of sp³-hybridized carbons (Fsp3) is 0.375. The summed E-state index contributed by atoms with van der Waals surface area (Å²) in [6.07, 6.45) is 5.85. The molecule has 0 saturated heterocycles. The molecule has 0 radical (unpaired) electrons. The number of halogens is 2. The Kier molecular flexibility index (Phi) is 5.84. The first kappa shape index (κ1) is 16.1. The lowest BCUT2D eigenvalue weighted by atomic mass is 10.0. The average Bonchev–Trinajstić information content (AvgIpc) is 2.95. The molecule has 1 unspecified atom stereocenters. The van der Waals surface area contributed by atoms with Crippen LogP contribution >= 0.6 is 27.5 Å². The highest BCUT2D eigenvalue weighted by Crippen LogP contribution is 2.24. The second-order valence-corrected chi connectivity index (χ2v) is 6.33. The van der Waals surface area contributed by atoms with Crippen LogP contribution in [0.2, 0.25) is 0 Å². The van der Waals surface area contributed by atoms with E-state index in [1.54, 1.807) is 0 Å². The van der Waals surface area contributed by atoms with Crippen LogP contribution in [0.15, 0.2) is 35.2 Å². The summed E-state index contributed by atoms with van der Waals surface area (Å²) in [6, 6.07) is 7.82. The van der Waals surface area contributed by atoms with Crippen molar-refractivity contribution in [2.75, 3.05) is 5.88 Å². The maximum atomic E-state index is 8.91. The van der Waals surface area contributed by atoms with E-state index in [1.807, 2.05) is 30.7 Å². The zero-order valence-corrected chi connectivity index (χ0v) is 14.2. The fourth-order valence-corrected chi connectivity index (χ4v) is 2.99. The summed E-state index contributed by atoms with van der Waals surface area (Å²) in [5.74, 6) is 1.13. The number of alkyl halides is 1. The van der Waals surface area contributed by atoms with Crippen LogP contribution in [0.1, 0.15) is 42.5 Å². The van der Waals surface area contributed by atoms with Gasteiger partial charge in [0.05, 0.1) is 18.0 Å². The van der Waals surface area contributed by atoms with Gasteiger partial charge < -0.3 is 4.57 Å². The van der Waals surface area contributed by atoms with Crippen LogP contribution in [0.4, 0.5) is 0 Å². The molecule has 0 bridgehead atoms. The smallest absolute Gasteiger partial charge is 0.0992 e. The molecule has 0 amide bonds. The number of aromatic nitrogens is 2.